The third-order valence-electron chi connectivity index (χ3n) is 9.52. The van der Waals surface area contributed by atoms with Gasteiger partial charge in [0.15, 0.2) is 0 Å². The van der Waals surface area contributed by atoms with Crippen molar-refractivity contribution in [3.8, 4) is 11.1 Å². The highest BCUT2D eigenvalue weighted by Crippen LogP contribution is 2.41. The molecule has 0 saturated heterocycles. The first-order valence-corrected chi connectivity index (χ1v) is 21.2. The predicted molar refractivity (Wildman–Crippen MR) is 236 cm³/mol. The molecule has 3 atom stereocenters. The second-order valence-corrected chi connectivity index (χ2v) is 18.4. The topological polar surface area (TPSA) is 223 Å². The molecular weight excluding hydrogens is 833 g/mol. The minimum absolute atomic E-state index is 0.00815. The van der Waals surface area contributed by atoms with E-state index >= 15 is 4.39 Å². The summed E-state index contributed by atoms with van der Waals surface area (Å²) >= 11 is 0. The van der Waals surface area contributed by atoms with Crippen LogP contribution in [0.5, 0.6) is 0 Å². The van der Waals surface area contributed by atoms with E-state index < -0.39 is 95.2 Å². The monoisotopic (exact) mass is 897 g/mol. The van der Waals surface area contributed by atoms with E-state index in [1.807, 2.05) is 55.7 Å². The van der Waals surface area contributed by atoms with Crippen LogP contribution in [0.2, 0.25) is 0 Å². The van der Waals surface area contributed by atoms with Crippen LogP contribution in [0.1, 0.15) is 98.9 Å². The van der Waals surface area contributed by atoms with Crippen LogP contribution in [0.25, 0.3) is 11.1 Å². The van der Waals surface area contributed by atoms with Crippen molar-refractivity contribution in [1.29, 1.82) is 0 Å². The molecular formula is C46H65F2N7O9. The van der Waals surface area contributed by atoms with Gasteiger partial charge >= 0.3 is 12.1 Å². The molecule has 0 aliphatic carbocycles. The van der Waals surface area contributed by atoms with Crippen molar-refractivity contribution in [2.75, 3.05) is 32.8 Å². The van der Waals surface area contributed by atoms with E-state index in [9.17, 15) is 38.3 Å². The van der Waals surface area contributed by atoms with Crippen LogP contribution in [-0.4, -0.2) is 106 Å². The van der Waals surface area contributed by atoms with Crippen LogP contribution in [0, 0.1) is 17.0 Å². The highest BCUT2D eigenvalue weighted by atomic mass is 19.1. The molecule has 0 radical (unpaired) electrons. The van der Waals surface area contributed by atoms with Gasteiger partial charge in [0.1, 0.15) is 41.5 Å². The summed E-state index contributed by atoms with van der Waals surface area (Å²) in [6.07, 6.45) is 0.337. The average Bonchev–Trinajstić information content (AvgIpc) is 3.59. The molecule has 1 heterocycles. The number of rotatable bonds is 20. The van der Waals surface area contributed by atoms with Gasteiger partial charge in [-0.3, -0.25) is 24.0 Å². The third-order valence-corrected chi connectivity index (χ3v) is 9.52. The number of nitrogens with zero attached hydrogens (tertiary/aromatic N) is 2. The van der Waals surface area contributed by atoms with Gasteiger partial charge in [-0.05, 0) is 89.6 Å². The largest absolute Gasteiger partial charge is 0.460 e. The lowest BCUT2D eigenvalue weighted by Gasteiger charge is -2.41. The van der Waals surface area contributed by atoms with Crippen molar-refractivity contribution in [2.45, 2.75) is 117 Å². The number of amides is 5. The summed E-state index contributed by atoms with van der Waals surface area (Å²) in [5, 5.41) is 20.6. The Balaban J connectivity index is 1.86. The molecule has 0 fully saturated rings. The zero-order chi connectivity index (χ0) is 48.0. The molecule has 0 aliphatic rings. The van der Waals surface area contributed by atoms with Gasteiger partial charge in [-0.1, -0.05) is 51.1 Å². The van der Waals surface area contributed by atoms with E-state index in [2.05, 4.69) is 21.3 Å². The molecule has 16 nitrogen and oxygen atoms in total. The second-order valence-electron chi connectivity index (χ2n) is 18.4. The summed E-state index contributed by atoms with van der Waals surface area (Å²) in [7, 11) is 0. The highest BCUT2D eigenvalue weighted by Gasteiger charge is 2.38. The van der Waals surface area contributed by atoms with Gasteiger partial charge in [0, 0.05) is 55.6 Å². The zero-order valence-corrected chi connectivity index (χ0v) is 38.3. The second kappa shape index (κ2) is 23.2. The minimum Gasteiger partial charge on any atom is -0.460 e. The molecule has 2 aromatic carbocycles. The minimum atomic E-state index is -1.25. The van der Waals surface area contributed by atoms with Crippen molar-refractivity contribution in [3.63, 3.8) is 0 Å². The lowest BCUT2D eigenvalue weighted by Crippen LogP contribution is -2.53. The summed E-state index contributed by atoms with van der Waals surface area (Å²) in [4.78, 5) is 79.7. The van der Waals surface area contributed by atoms with Crippen LogP contribution in [0.3, 0.4) is 0 Å². The number of alkyl carbamates (subject to hydrolysis) is 1. The number of aliphatic hydroxyl groups is 1. The third kappa shape index (κ3) is 17.0. The van der Waals surface area contributed by atoms with E-state index in [4.69, 9.17) is 15.2 Å². The van der Waals surface area contributed by atoms with E-state index in [1.54, 1.807) is 53.8 Å². The molecule has 3 aromatic rings. The number of nitrogens with two attached hydrogens (primary N) is 1. The number of aromatic nitrogens is 1. The van der Waals surface area contributed by atoms with Gasteiger partial charge < -0.3 is 51.0 Å². The van der Waals surface area contributed by atoms with E-state index in [1.165, 1.54) is 4.90 Å². The molecule has 0 unspecified atom stereocenters. The lowest BCUT2D eigenvalue weighted by atomic mass is 9.82. The van der Waals surface area contributed by atoms with E-state index in [0.29, 0.717) is 11.3 Å². The number of carbonyl (C=O) groups excluding carboxylic acids is 6. The summed E-state index contributed by atoms with van der Waals surface area (Å²) in [5.74, 6) is -4.57. The van der Waals surface area contributed by atoms with E-state index in [-0.39, 0.29) is 51.0 Å². The first-order valence-electron chi connectivity index (χ1n) is 21.2. The fourth-order valence-corrected chi connectivity index (χ4v) is 6.88. The predicted octanol–water partition coefficient (Wildman–Crippen LogP) is 4.47. The molecule has 352 valence electrons. The Labute approximate surface area is 374 Å². The summed E-state index contributed by atoms with van der Waals surface area (Å²) < 4.78 is 42.1. The summed E-state index contributed by atoms with van der Waals surface area (Å²) in [6.45, 7) is 14.2. The molecule has 18 heteroatoms. The van der Waals surface area contributed by atoms with Crippen molar-refractivity contribution in [1.82, 2.24) is 30.7 Å². The standard InChI is InChI=1S/C46H65F2N7O9/c1-44(2,3)40(36-23-30(32-24-31(47)15-16-33(32)48)27-54(36)26-29-13-11-10-12-14-29)55(38(58)28-56)22-19-35(52-37(57)25-49)42(61)51-21-20-50-41(60)34(53-43(62)64-46(7,8)9)17-18-39(59)63-45(4,5)6/h10-16,23-24,27,34-35,40,56H,17-22,25-26,28,49H2,1-9H3,(H,50,60)(H,51,61)(H,52,57)(H,53,62)/t34-,35+,40+/m1/s1. The molecule has 0 saturated carbocycles. The maximum atomic E-state index is 15.2. The summed E-state index contributed by atoms with van der Waals surface area (Å²) in [5.41, 5.74) is 4.98. The van der Waals surface area contributed by atoms with Crippen molar-refractivity contribution >= 4 is 35.7 Å². The first kappa shape index (κ1) is 52.5. The van der Waals surface area contributed by atoms with Gasteiger partial charge in [-0.25, -0.2) is 13.6 Å². The fraction of sp³-hybridized carbons (Fsp3) is 0.522. The number of hydrogen-bond acceptors (Lipinski definition) is 10. The first-order chi connectivity index (χ1) is 29.8. The number of halogens is 2. The maximum absolute atomic E-state index is 15.2. The lowest BCUT2D eigenvalue weighted by molar-refractivity contribution is -0.155. The summed E-state index contributed by atoms with van der Waals surface area (Å²) in [6, 6.07) is 10.9. The zero-order valence-electron chi connectivity index (χ0n) is 38.3. The van der Waals surface area contributed by atoms with Gasteiger partial charge in [-0.2, -0.15) is 0 Å². The molecule has 7 N–H and O–H groups in total. The Kier molecular flexibility index (Phi) is 19.0. The number of nitrogens with one attached hydrogen (secondary N) is 4. The quantitative estimate of drug-likeness (QED) is 0.0690. The normalized spacial score (nSPS) is 13.2. The number of ether oxygens (including phenoxy) is 2. The smallest absolute Gasteiger partial charge is 0.408 e. The number of carbonyl (C=O) groups is 6. The van der Waals surface area contributed by atoms with Crippen LogP contribution in [0.4, 0.5) is 13.6 Å². The van der Waals surface area contributed by atoms with Crippen molar-refractivity contribution < 1.29 is 52.1 Å². The molecule has 0 spiro atoms. The number of esters is 1. The molecule has 0 aliphatic heterocycles. The van der Waals surface area contributed by atoms with E-state index in [0.717, 1.165) is 23.8 Å². The Hall–Kier alpha value is -5.88. The van der Waals surface area contributed by atoms with Crippen LogP contribution < -0.4 is 27.0 Å². The molecule has 1 aromatic heterocycles. The van der Waals surface area contributed by atoms with Gasteiger partial charge in [0.05, 0.1) is 12.6 Å². The Morgan fingerprint density at radius 2 is 1.39 bits per heavy atom. The van der Waals surface area contributed by atoms with Crippen molar-refractivity contribution in [2.24, 2.45) is 11.1 Å². The number of aliphatic hydroxyl groups excluding tert-OH is 1. The SMILES string of the molecule is CC(C)(C)OC(=O)CC[C@@H](NC(=O)OC(C)(C)C)C(=O)NCCNC(=O)[C@H](CCN(C(=O)CO)[C@@H](c1cc(-c2cc(F)ccc2F)cn1Cc1ccccc1)C(C)(C)C)NC(=O)CN. The fourth-order valence-electron chi connectivity index (χ4n) is 6.88. The van der Waals surface area contributed by atoms with Gasteiger partial charge in [-0.15, -0.1) is 0 Å². The molecule has 3 rings (SSSR count). The number of hydrogen-bond donors (Lipinski definition) is 6. The average molecular weight is 898 g/mol. The van der Waals surface area contributed by atoms with Gasteiger partial charge in [0.25, 0.3) is 0 Å². The van der Waals surface area contributed by atoms with Crippen LogP contribution in [-0.2, 0) is 40.0 Å². The molecule has 0 bridgehead atoms. The molecule has 5 amide bonds. The Bertz CT molecular complexity index is 2080. The van der Waals surface area contributed by atoms with Crippen LogP contribution >= 0.6 is 0 Å². The van der Waals surface area contributed by atoms with Crippen molar-refractivity contribution in [3.05, 3.63) is 83.7 Å². The Morgan fingerprint density at radius 1 is 0.797 bits per heavy atom. The maximum Gasteiger partial charge on any atom is 0.408 e. The van der Waals surface area contributed by atoms with Gasteiger partial charge in [0.2, 0.25) is 23.6 Å². The van der Waals surface area contributed by atoms with Crippen LogP contribution in [0.15, 0.2) is 60.8 Å². The molecule has 64 heavy (non-hydrogen) atoms. The number of benzene rings is 2. The Morgan fingerprint density at radius 3 is 1.94 bits per heavy atom. The highest BCUT2D eigenvalue weighted by molar-refractivity contribution is 5.89.